The van der Waals surface area contributed by atoms with Crippen molar-refractivity contribution in [3.63, 3.8) is 0 Å². The van der Waals surface area contributed by atoms with Crippen LogP contribution < -0.4 is 11.1 Å². The van der Waals surface area contributed by atoms with Crippen LogP contribution in [-0.4, -0.2) is 34.1 Å². The van der Waals surface area contributed by atoms with Crippen LogP contribution in [0.15, 0.2) is 24.3 Å². The molecule has 0 aliphatic carbocycles. The summed E-state index contributed by atoms with van der Waals surface area (Å²) in [6, 6.07) is 6.90. The van der Waals surface area contributed by atoms with Gasteiger partial charge in [-0.1, -0.05) is 12.1 Å². The number of carbonyl (C=O) groups excluding carboxylic acids is 2. The van der Waals surface area contributed by atoms with E-state index in [-0.39, 0.29) is 12.4 Å². The predicted octanol–water partition coefficient (Wildman–Crippen LogP) is 1.82. The Kier molecular flexibility index (Phi) is 6.18. The van der Waals surface area contributed by atoms with Gasteiger partial charge in [-0.2, -0.15) is 0 Å². The highest BCUT2D eigenvalue weighted by atomic mass is 16.6. The van der Waals surface area contributed by atoms with Crippen molar-refractivity contribution < 1.29 is 24.5 Å². The van der Waals surface area contributed by atoms with Crippen molar-refractivity contribution in [3.05, 3.63) is 35.4 Å². The minimum absolute atomic E-state index is 0.00851. The van der Waals surface area contributed by atoms with E-state index in [4.69, 9.17) is 20.6 Å². The third-order valence-corrected chi connectivity index (χ3v) is 2.86. The number of carbonyl (C=O) groups is 2. The Morgan fingerprint density at radius 3 is 1.68 bits per heavy atom. The molecule has 1 rings (SSSR count). The number of hydrogen-bond donors (Lipinski definition) is 2. The van der Waals surface area contributed by atoms with Gasteiger partial charge in [-0.3, -0.25) is 11.1 Å². The lowest BCUT2D eigenvalue weighted by atomic mass is 10.1. The number of amidine groups is 1. The van der Waals surface area contributed by atoms with E-state index in [1.54, 1.807) is 65.8 Å². The van der Waals surface area contributed by atoms with E-state index >= 15 is 0 Å². The van der Waals surface area contributed by atoms with E-state index in [9.17, 15) is 9.59 Å². The molecule has 0 fully saturated rings. The van der Waals surface area contributed by atoms with Gasteiger partial charge in [-0.25, -0.2) is 14.5 Å². The molecule has 138 valence electrons. The highest BCUT2D eigenvalue weighted by molar-refractivity contribution is 5.92. The van der Waals surface area contributed by atoms with E-state index in [1.165, 1.54) is 0 Å². The normalized spacial score (nSPS) is 11.6. The zero-order chi connectivity index (χ0) is 19.4. The molecule has 25 heavy (non-hydrogen) atoms. The summed E-state index contributed by atoms with van der Waals surface area (Å²) in [4.78, 5) is 25.8. The molecule has 0 atom stereocenters. The maximum absolute atomic E-state index is 12.4. The predicted molar refractivity (Wildman–Crippen MR) is 94.7 cm³/mol. The zero-order valence-corrected chi connectivity index (χ0v) is 15.8. The zero-order valence-electron chi connectivity index (χ0n) is 15.8. The first-order chi connectivity index (χ1) is 11.3. The lowest BCUT2D eigenvalue weighted by Crippen LogP contribution is -2.46. The summed E-state index contributed by atoms with van der Waals surface area (Å²) in [6.07, 6.45) is -1.54. The SMILES string of the molecule is CC(C)(C)OC(=O)N(Cc1ccc(C(N)=[NH2+])cc1)C(=O)OC(C)(C)C. The smallest absolute Gasteiger partial charge is 0.420 e. The summed E-state index contributed by atoms with van der Waals surface area (Å²) in [5, 5.41) is 5.54. The van der Waals surface area contributed by atoms with E-state index < -0.39 is 23.4 Å². The fourth-order valence-electron chi connectivity index (χ4n) is 1.82. The number of benzene rings is 1. The third-order valence-electron chi connectivity index (χ3n) is 2.86. The molecule has 4 N–H and O–H groups in total. The number of nitrogens with zero attached hydrogens (tertiary/aromatic N) is 1. The van der Waals surface area contributed by atoms with Crippen LogP contribution in [0.1, 0.15) is 52.7 Å². The van der Waals surface area contributed by atoms with E-state index in [0.29, 0.717) is 11.1 Å². The number of imide groups is 1. The standard InChI is InChI=1S/C18H27N3O4/c1-17(2,3)24-15(22)21(16(23)25-18(4,5)6)11-12-7-9-13(10-8-12)14(19)20/h7-10H,11H2,1-6H3,(H3,19,20)/p+1. The molecule has 2 amide bonds. The Balaban J connectivity index is 3.02. The molecule has 0 saturated carbocycles. The van der Waals surface area contributed by atoms with Gasteiger partial charge in [-0.15, -0.1) is 0 Å². The molecule has 0 bridgehead atoms. The fourth-order valence-corrected chi connectivity index (χ4v) is 1.82. The number of nitrogens with two attached hydrogens (primary N) is 2. The summed E-state index contributed by atoms with van der Waals surface area (Å²) in [7, 11) is 0. The van der Waals surface area contributed by atoms with Crippen LogP contribution in [-0.2, 0) is 16.0 Å². The maximum atomic E-state index is 12.4. The second kappa shape index (κ2) is 7.55. The number of ether oxygens (including phenoxy) is 2. The van der Waals surface area contributed by atoms with Gasteiger partial charge in [0.15, 0.2) is 0 Å². The molecule has 1 aromatic carbocycles. The Labute approximate surface area is 148 Å². The molecule has 0 unspecified atom stereocenters. The molecule has 0 aromatic heterocycles. The lowest BCUT2D eigenvalue weighted by Gasteiger charge is -2.28. The Morgan fingerprint density at radius 2 is 1.36 bits per heavy atom. The van der Waals surface area contributed by atoms with E-state index in [2.05, 4.69) is 0 Å². The maximum Gasteiger partial charge on any atom is 0.420 e. The minimum Gasteiger partial charge on any atom is -0.443 e. The van der Waals surface area contributed by atoms with Gasteiger partial charge in [0.1, 0.15) is 11.2 Å². The molecule has 7 heteroatoms. The highest BCUT2D eigenvalue weighted by Crippen LogP contribution is 2.17. The van der Waals surface area contributed by atoms with Crippen LogP contribution in [0, 0.1) is 0 Å². The van der Waals surface area contributed by atoms with Crippen molar-refractivity contribution in [1.29, 1.82) is 0 Å². The topological polar surface area (TPSA) is 107 Å². The molecule has 0 spiro atoms. The summed E-state index contributed by atoms with van der Waals surface area (Å²) in [6.45, 7) is 10.4. The molecule has 0 heterocycles. The van der Waals surface area contributed by atoms with Gasteiger partial charge in [0, 0.05) is 0 Å². The number of amides is 2. The van der Waals surface area contributed by atoms with Crippen molar-refractivity contribution in [2.45, 2.75) is 59.3 Å². The molecular weight excluding hydrogens is 322 g/mol. The van der Waals surface area contributed by atoms with Crippen LogP contribution >= 0.6 is 0 Å². The Hall–Kier alpha value is -2.57. The van der Waals surface area contributed by atoms with Crippen LogP contribution in [0.2, 0.25) is 0 Å². The Morgan fingerprint density at radius 1 is 0.960 bits per heavy atom. The van der Waals surface area contributed by atoms with Crippen molar-refractivity contribution >= 4 is 18.0 Å². The van der Waals surface area contributed by atoms with E-state index in [0.717, 1.165) is 4.90 Å². The molecule has 0 radical (unpaired) electrons. The molecule has 7 nitrogen and oxygen atoms in total. The molecule has 0 saturated heterocycles. The first kappa shape index (κ1) is 20.5. The lowest BCUT2D eigenvalue weighted by molar-refractivity contribution is -0.114. The minimum atomic E-state index is -0.768. The summed E-state index contributed by atoms with van der Waals surface area (Å²) >= 11 is 0. The van der Waals surface area contributed by atoms with Crippen molar-refractivity contribution in [3.8, 4) is 0 Å². The largest absolute Gasteiger partial charge is 0.443 e. The van der Waals surface area contributed by atoms with Crippen LogP contribution in [0.3, 0.4) is 0 Å². The monoisotopic (exact) mass is 350 g/mol. The van der Waals surface area contributed by atoms with Crippen LogP contribution in [0.5, 0.6) is 0 Å². The second-order valence-corrected chi connectivity index (χ2v) is 7.70. The third kappa shape index (κ3) is 7.24. The fraction of sp³-hybridized carbons (Fsp3) is 0.500. The van der Waals surface area contributed by atoms with Gasteiger partial charge in [0.2, 0.25) is 0 Å². The first-order valence-corrected chi connectivity index (χ1v) is 7.99. The summed E-state index contributed by atoms with van der Waals surface area (Å²) in [5.74, 6) is 0.197. The molecular formula is C18H28N3O4+. The first-order valence-electron chi connectivity index (χ1n) is 7.99. The van der Waals surface area contributed by atoms with Crippen LogP contribution in [0.25, 0.3) is 0 Å². The highest BCUT2D eigenvalue weighted by Gasteiger charge is 2.31. The van der Waals surface area contributed by atoms with Crippen molar-refractivity contribution in [2.24, 2.45) is 5.73 Å². The second-order valence-electron chi connectivity index (χ2n) is 7.70. The van der Waals surface area contributed by atoms with Crippen molar-refractivity contribution in [2.75, 3.05) is 0 Å². The van der Waals surface area contributed by atoms with Gasteiger partial charge in [0.25, 0.3) is 5.84 Å². The van der Waals surface area contributed by atoms with Gasteiger partial charge >= 0.3 is 12.2 Å². The summed E-state index contributed by atoms with van der Waals surface area (Å²) < 4.78 is 10.6. The van der Waals surface area contributed by atoms with E-state index in [1.807, 2.05) is 0 Å². The average molecular weight is 350 g/mol. The molecule has 0 aliphatic rings. The van der Waals surface area contributed by atoms with Crippen LogP contribution in [0.4, 0.5) is 9.59 Å². The van der Waals surface area contributed by atoms with Gasteiger partial charge in [0.05, 0.1) is 12.1 Å². The average Bonchev–Trinajstić information content (AvgIpc) is 2.41. The Bertz CT molecular complexity index is 612. The molecule has 0 aliphatic heterocycles. The van der Waals surface area contributed by atoms with Gasteiger partial charge < -0.3 is 9.47 Å². The summed E-state index contributed by atoms with van der Waals surface area (Å²) in [5.41, 5.74) is 5.45. The number of rotatable bonds is 3. The molecule has 1 aromatic rings. The quantitative estimate of drug-likeness (QED) is 0.639. The number of hydrogen-bond acceptors (Lipinski definition) is 4. The van der Waals surface area contributed by atoms with Crippen molar-refractivity contribution in [1.82, 2.24) is 4.90 Å². The van der Waals surface area contributed by atoms with Gasteiger partial charge in [-0.05, 0) is 59.2 Å².